The number of rotatable bonds is 4. The van der Waals surface area contributed by atoms with Crippen LogP contribution in [0.25, 0.3) is 5.69 Å². The fourth-order valence-electron chi connectivity index (χ4n) is 2.40. The Morgan fingerprint density at radius 2 is 1.92 bits per heavy atom. The molecule has 0 aliphatic heterocycles. The summed E-state index contributed by atoms with van der Waals surface area (Å²) in [6.45, 7) is 3.81. The lowest BCUT2D eigenvalue weighted by Crippen LogP contribution is -2.14. The molecule has 0 radical (unpaired) electrons. The summed E-state index contributed by atoms with van der Waals surface area (Å²) in [4.78, 5) is 16.7. The van der Waals surface area contributed by atoms with Gasteiger partial charge in [-0.05, 0) is 37.6 Å². The highest BCUT2D eigenvalue weighted by molar-refractivity contribution is 6.01. The summed E-state index contributed by atoms with van der Waals surface area (Å²) in [7, 11) is 1.58. The van der Waals surface area contributed by atoms with Gasteiger partial charge in [0.1, 0.15) is 11.6 Å². The molecule has 3 aromatic rings. The Morgan fingerprint density at radius 1 is 1.12 bits per heavy atom. The zero-order chi connectivity index (χ0) is 17.1. The molecule has 0 atom stereocenters. The van der Waals surface area contributed by atoms with Crippen LogP contribution in [0.2, 0.25) is 0 Å². The average molecular weight is 322 g/mol. The Labute approximate surface area is 140 Å². The lowest BCUT2D eigenvalue weighted by atomic mass is 10.2. The van der Waals surface area contributed by atoms with Gasteiger partial charge in [0.05, 0.1) is 12.8 Å². The van der Waals surface area contributed by atoms with E-state index in [0.29, 0.717) is 17.3 Å². The first kappa shape index (κ1) is 15.7. The molecular formula is C18H18N4O2. The van der Waals surface area contributed by atoms with Gasteiger partial charge in [-0.15, -0.1) is 5.10 Å². The van der Waals surface area contributed by atoms with E-state index in [0.717, 1.165) is 11.3 Å². The standard InChI is InChI=1S/C18H18N4O2/c1-12-7-4-5-10-16(12)22-13(2)19-17(21-22)18(23)20-14-8-6-9-15(11-14)24-3/h4-11H,1-3H3,(H,20,23). The van der Waals surface area contributed by atoms with Gasteiger partial charge in [0.25, 0.3) is 5.91 Å². The molecule has 24 heavy (non-hydrogen) atoms. The second-order valence-corrected chi connectivity index (χ2v) is 5.37. The van der Waals surface area contributed by atoms with Crippen LogP contribution >= 0.6 is 0 Å². The fraction of sp³-hybridized carbons (Fsp3) is 0.167. The van der Waals surface area contributed by atoms with Crippen molar-refractivity contribution in [2.24, 2.45) is 0 Å². The Kier molecular flexibility index (Phi) is 4.29. The van der Waals surface area contributed by atoms with Crippen LogP contribution in [0.1, 0.15) is 22.0 Å². The molecule has 122 valence electrons. The van der Waals surface area contributed by atoms with E-state index in [2.05, 4.69) is 15.4 Å². The van der Waals surface area contributed by atoms with Crippen molar-refractivity contribution >= 4 is 11.6 Å². The number of amides is 1. The molecule has 0 bridgehead atoms. The van der Waals surface area contributed by atoms with Crippen LogP contribution < -0.4 is 10.1 Å². The zero-order valence-corrected chi connectivity index (χ0v) is 13.8. The summed E-state index contributed by atoms with van der Waals surface area (Å²) in [5.41, 5.74) is 2.59. The van der Waals surface area contributed by atoms with Gasteiger partial charge in [-0.1, -0.05) is 24.3 Å². The van der Waals surface area contributed by atoms with Crippen molar-refractivity contribution in [1.29, 1.82) is 0 Å². The van der Waals surface area contributed by atoms with Crippen molar-refractivity contribution < 1.29 is 9.53 Å². The Hall–Kier alpha value is -3.15. The number of hydrogen-bond acceptors (Lipinski definition) is 4. The third-order valence-electron chi connectivity index (χ3n) is 3.64. The molecule has 1 N–H and O–H groups in total. The maximum Gasteiger partial charge on any atom is 0.295 e. The van der Waals surface area contributed by atoms with E-state index >= 15 is 0 Å². The van der Waals surface area contributed by atoms with Crippen LogP contribution in [-0.2, 0) is 0 Å². The number of ether oxygens (including phenoxy) is 1. The largest absolute Gasteiger partial charge is 0.497 e. The number of nitrogens with one attached hydrogen (secondary N) is 1. The number of hydrogen-bond donors (Lipinski definition) is 1. The van der Waals surface area contributed by atoms with Crippen LogP contribution in [0.4, 0.5) is 5.69 Å². The number of carbonyl (C=O) groups is 1. The van der Waals surface area contributed by atoms with Crippen molar-refractivity contribution in [2.45, 2.75) is 13.8 Å². The van der Waals surface area contributed by atoms with E-state index in [-0.39, 0.29) is 11.7 Å². The van der Waals surface area contributed by atoms with Crippen molar-refractivity contribution in [3.63, 3.8) is 0 Å². The Balaban J connectivity index is 1.86. The molecule has 0 aliphatic carbocycles. The molecule has 1 aromatic heterocycles. The summed E-state index contributed by atoms with van der Waals surface area (Å²) >= 11 is 0. The molecule has 0 spiro atoms. The monoisotopic (exact) mass is 322 g/mol. The summed E-state index contributed by atoms with van der Waals surface area (Å²) in [6, 6.07) is 15.0. The van der Waals surface area contributed by atoms with Crippen LogP contribution in [0, 0.1) is 13.8 Å². The van der Waals surface area contributed by atoms with E-state index in [1.54, 1.807) is 30.0 Å². The normalized spacial score (nSPS) is 10.5. The van der Waals surface area contributed by atoms with Crippen LogP contribution in [0.3, 0.4) is 0 Å². The zero-order valence-electron chi connectivity index (χ0n) is 13.8. The van der Waals surface area contributed by atoms with Gasteiger partial charge in [0, 0.05) is 11.8 Å². The Morgan fingerprint density at radius 3 is 2.67 bits per heavy atom. The molecule has 2 aromatic carbocycles. The topological polar surface area (TPSA) is 69.0 Å². The first-order valence-corrected chi connectivity index (χ1v) is 7.53. The average Bonchev–Trinajstić information content (AvgIpc) is 2.97. The Bertz CT molecular complexity index is 886. The number of aromatic nitrogens is 3. The van der Waals surface area contributed by atoms with Gasteiger partial charge in [-0.25, -0.2) is 9.67 Å². The van der Waals surface area contributed by atoms with E-state index in [4.69, 9.17) is 4.74 Å². The van der Waals surface area contributed by atoms with Gasteiger partial charge in [0.15, 0.2) is 0 Å². The minimum atomic E-state index is -0.362. The molecule has 0 fully saturated rings. The highest BCUT2D eigenvalue weighted by Crippen LogP contribution is 2.18. The number of benzene rings is 2. The van der Waals surface area contributed by atoms with E-state index in [1.165, 1.54) is 0 Å². The molecule has 0 unspecified atom stereocenters. The third kappa shape index (κ3) is 3.12. The van der Waals surface area contributed by atoms with Crippen molar-refractivity contribution in [1.82, 2.24) is 14.8 Å². The summed E-state index contributed by atoms with van der Waals surface area (Å²) in [6.07, 6.45) is 0. The summed E-state index contributed by atoms with van der Waals surface area (Å²) in [5.74, 6) is 1.08. The van der Waals surface area contributed by atoms with Crippen LogP contribution in [0.5, 0.6) is 5.75 Å². The number of carbonyl (C=O) groups excluding carboxylic acids is 1. The smallest absolute Gasteiger partial charge is 0.295 e. The highest BCUT2D eigenvalue weighted by Gasteiger charge is 2.16. The fourth-order valence-corrected chi connectivity index (χ4v) is 2.40. The number of aryl methyl sites for hydroxylation is 2. The molecule has 3 rings (SSSR count). The van der Waals surface area contributed by atoms with Crippen LogP contribution in [-0.4, -0.2) is 27.8 Å². The number of anilines is 1. The van der Waals surface area contributed by atoms with Gasteiger partial charge < -0.3 is 10.1 Å². The highest BCUT2D eigenvalue weighted by atomic mass is 16.5. The summed E-state index contributed by atoms with van der Waals surface area (Å²) in [5, 5.41) is 7.12. The second kappa shape index (κ2) is 6.54. The second-order valence-electron chi connectivity index (χ2n) is 5.37. The molecule has 6 heteroatoms. The molecular weight excluding hydrogens is 304 g/mol. The van der Waals surface area contributed by atoms with Crippen LogP contribution in [0.15, 0.2) is 48.5 Å². The van der Waals surface area contributed by atoms with Gasteiger partial charge in [-0.3, -0.25) is 4.79 Å². The van der Waals surface area contributed by atoms with Gasteiger partial charge in [-0.2, -0.15) is 0 Å². The predicted molar refractivity (Wildman–Crippen MR) is 91.8 cm³/mol. The van der Waals surface area contributed by atoms with Crippen molar-refractivity contribution in [2.75, 3.05) is 12.4 Å². The van der Waals surface area contributed by atoms with Gasteiger partial charge >= 0.3 is 0 Å². The first-order chi connectivity index (χ1) is 11.6. The number of nitrogens with zero attached hydrogens (tertiary/aromatic N) is 3. The number of para-hydroxylation sites is 1. The van der Waals surface area contributed by atoms with E-state index < -0.39 is 0 Å². The van der Waals surface area contributed by atoms with E-state index in [1.807, 2.05) is 44.2 Å². The minimum absolute atomic E-state index is 0.124. The first-order valence-electron chi connectivity index (χ1n) is 7.53. The maximum atomic E-state index is 12.4. The summed E-state index contributed by atoms with van der Waals surface area (Å²) < 4.78 is 6.83. The molecule has 0 aliphatic rings. The quantitative estimate of drug-likeness (QED) is 0.801. The van der Waals surface area contributed by atoms with Gasteiger partial charge in [0.2, 0.25) is 5.82 Å². The molecule has 6 nitrogen and oxygen atoms in total. The lowest BCUT2D eigenvalue weighted by Gasteiger charge is -2.06. The molecule has 1 heterocycles. The SMILES string of the molecule is COc1cccc(NC(=O)c2nc(C)n(-c3ccccc3C)n2)c1. The van der Waals surface area contributed by atoms with Crippen molar-refractivity contribution in [3.8, 4) is 11.4 Å². The molecule has 1 amide bonds. The predicted octanol–water partition coefficient (Wildman–Crippen LogP) is 3.15. The minimum Gasteiger partial charge on any atom is -0.497 e. The van der Waals surface area contributed by atoms with E-state index in [9.17, 15) is 4.79 Å². The maximum absolute atomic E-state index is 12.4. The molecule has 0 saturated heterocycles. The lowest BCUT2D eigenvalue weighted by molar-refractivity contribution is 0.101. The third-order valence-corrected chi connectivity index (χ3v) is 3.64. The molecule has 0 saturated carbocycles. The number of methoxy groups -OCH3 is 1. The van der Waals surface area contributed by atoms with Crippen molar-refractivity contribution in [3.05, 3.63) is 65.7 Å².